The zero-order valence-corrected chi connectivity index (χ0v) is 19.4. The third-order valence-electron chi connectivity index (χ3n) is 3.47. The van der Waals surface area contributed by atoms with Crippen LogP contribution in [-0.2, 0) is 4.79 Å². The second-order valence-electron chi connectivity index (χ2n) is 5.34. The van der Waals surface area contributed by atoms with Gasteiger partial charge in [-0.15, -0.1) is 11.8 Å². The van der Waals surface area contributed by atoms with Gasteiger partial charge >= 0.3 is 0 Å². The van der Waals surface area contributed by atoms with Gasteiger partial charge in [-0.3, -0.25) is 14.9 Å². The van der Waals surface area contributed by atoms with Crippen LogP contribution in [0, 0.1) is 10.1 Å². The van der Waals surface area contributed by atoms with Crippen molar-refractivity contribution in [1.29, 1.82) is 0 Å². The van der Waals surface area contributed by atoms with Crippen molar-refractivity contribution in [2.75, 3.05) is 11.1 Å². The van der Waals surface area contributed by atoms with Crippen molar-refractivity contribution in [3.05, 3.63) is 66.0 Å². The van der Waals surface area contributed by atoms with Crippen LogP contribution in [0.4, 0.5) is 11.4 Å². The summed E-state index contributed by atoms with van der Waals surface area (Å²) in [6.07, 6.45) is 0. The van der Waals surface area contributed by atoms with Crippen molar-refractivity contribution in [2.45, 2.75) is 4.21 Å². The van der Waals surface area contributed by atoms with Crippen LogP contribution in [-0.4, -0.2) is 21.6 Å². The lowest BCUT2D eigenvalue weighted by Crippen LogP contribution is -2.15. The second kappa shape index (κ2) is 9.36. The molecule has 0 radical (unpaired) electrons. The number of nitro benzene ring substituents is 1. The van der Waals surface area contributed by atoms with Gasteiger partial charge in [-0.1, -0.05) is 73.0 Å². The Morgan fingerprint density at radius 1 is 1.29 bits per heavy atom. The smallest absolute Gasteiger partial charge is 0.292 e. The Morgan fingerprint density at radius 2 is 2.04 bits per heavy atom. The molecule has 0 aliphatic carbocycles. The van der Waals surface area contributed by atoms with Crippen LogP contribution in [0.1, 0.15) is 0 Å². The highest BCUT2D eigenvalue weighted by Crippen LogP contribution is 2.41. The zero-order valence-electron chi connectivity index (χ0n) is 13.8. The highest BCUT2D eigenvalue weighted by atomic mass is 79.9. The number of aromatic nitrogens is 1. The third kappa shape index (κ3) is 5.12. The number of amides is 1. The molecule has 0 fully saturated rings. The number of halogens is 3. The van der Waals surface area contributed by atoms with E-state index in [0.717, 1.165) is 18.7 Å². The number of benzene rings is 2. The van der Waals surface area contributed by atoms with E-state index in [1.807, 2.05) is 18.2 Å². The molecule has 1 heterocycles. The number of carbonyl (C=O) groups is 1. The number of thioether (sulfide) groups is 1. The van der Waals surface area contributed by atoms with E-state index in [1.54, 1.807) is 12.1 Å². The Kier molecular flexibility index (Phi) is 7.10. The fraction of sp³-hybridized carbons (Fsp3) is 0.0588. The Balaban J connectivity index is 1.75. The average Bonchev–Trinajstić information content (AvgIpc) is 3.00. The van der Waals surface area contributed by atoms with Gasteiger partial charge in [0.25, 0.3) is 5.69 Å². The predicted octanol–water partition coefficient (Wildman–Crippen LogP) is 6.63. The molecule has 6 nitrogen and oxygen atoms in total. The first-order valence-electron chi connectivity index (χ1n) is 7.63. The summed E-state index contributed by atoms with van der Waals surface area (Å²) in [7, 11) is 0. The number of thiazole rings is 1. The normalized spacial score (nSPS) is 10.7. The van der Waals surface area contributed by atoms with Gasteiger partial charge < -0.3 is 5.32 Å². The van der Waals surface area contributed by atoms with Crippen molar-refractivity contribution in [3.63, 3.8) is 0 Å². The summed E-state index contributed by atoms with van der Waals surface area (Å²) in [5.74, 6) is -0.296. The van der Waals surface area contributed by atoms with Gasteiger partial charge in [-0.25, -0.2) is 4.98 Å². The summed E-state index contributed by atoms with van der Waals surface area (Å²) in [4.78, 5) is 27.2. The molecule has 0 saturated heterocycles. The van der Waals surface area contributed by atoms with Gasteiger partial charge in [0.05, 0.1) is 20.6 Å². The molecule has 0 atom stereocenters. The standard InChI is InChI=1S/C17H10Br2ClN3O3S2/c18-9-5-6-10(11(19)7-9)15-16(28-17(20)22-15)27-8-14(24)21-12-3-1-2-4-13(12)23(25)26/h1-7H,8H2,(H,21,24). The molecule has 0 aliphatic rings. The van der Waals surface area contributed by atoms with Crippen LogP contribution in [0.5, 0.6) is 0 Å². The van der Waals surface area contributed by atoms with Gasteiger partial charge in [0.15, 0.2) is 4.47 Å². The molecule has 11 heteroatoms. The SMILES string of the molecule is O=C(CSc1sc(Cl)nc1-c1ccc(Br)cc1Br)Nc1ccccc1[N+](=O)[O-]. The molecule has 2 aromatic carbocycles. The molecule has 144 valence electrons. The molecular formula is C17H10Br2ClN3O3S2. The highest BCUT2D eigenvalue weighted by Gasteiger charge is 2.18. The number of hydrogen-bond donors (Lipinski definition) is 1. The third-order valence-corrected chi connectivity index (χ3v) is 7.03. The van der Waals surface area contributed by atoms with Crippen molar-refractivity contribution < 1.29 is 9.72 Å². The number of rotatable bonds is 6. The molecule has 3 aromatic rings. The van der Waals surface area contributed by atoms with E-state index < -0.39 is 4.92 Å². The van der Waals surface area contributed by atoms with Crippen LogP contribution in [0.3, 0.4) is 0 Å². The first-order valence-corrected chi connectivity index (χ1v) is 11.4. The van der Waals surface area contributed by atoms with Gasteiger partial charge in [0.1, 0.15) is 5.69 Å². The number of anilines is 1. The van der Waals surface area contributed by atoms with Crippen LogP contribution >= 0.6 is 66.6 Å². The quantitative estimate of drug-likeness (QED) is 0.207. The van der Waals surface area contributed by atoms with Crippen molar-refractivity contribution in [3.8, 4) is 11.3 Å². The predicted molar refractivity (Wildman–Crippen MR) is 120 cm³/mol. The topological polar surface area (TPSA) is 85.1 Å². The molecule has 0 unspecified atom stereocenters. The molecule has 0 aliphatic heterocycles. The van der Waals surface area contributed by atoms with E-state index in [0.29, 0.717) is 10.2 Å². The van der Waals surface area contributed by atoms with Gasteiger partial charge in [0.2, 0.25) is 5.91 Å². The first-order chi connectivity index (χ1) is 13.3. The van der Waals surface area contributed by atoms with Crippen LogP contribution in [0.15, 0.2) is 55.6 Å². The minimum Gasteiger partial charge on any atom is -0.320 e. The molecule has 1 aromatic heterocycles. The number of nitrogens with one attached hydrogen (secondary N) is 1. The number of hydrogen-bond acceptors (Lipinski definition) is 6. The highest BCUT2D eigenvalue weighted by molar-refractivity contribution is 9.11. The summed E-state index contributed by atoms with van der Waals surface area (Å²) in [6, 6.07) is 11.7. The maximum Gasteiger partial charge on any atom is 0.292 e. The lowest BCUT2D eigenvalue weighted by molar-refractivity contribution is -0.383. The lowest BCUT2D eigenvalue weighted by Gasteiger charge is -2.07. The van der Waals surface area contributed by atoms with Crippen molar-refractivity contribution in [1.82, 2.24) is 4.98 Å². The summed E-state index contributed by atoms with van der Waals surface area (Å²) < 4.78 is 2.91. The number of carbonyl (C=O) groups excluding carboxylic acids is 1. The molecule has 3 rings (SSSR count). The Labute approximate surface area is 190 Å². The minimum atomic E-state index is -0.533. The molecule has 0 bridgehead atoms. The summed E-state index contributed by atoms with van der Waals surface area (Å²) in [5.41, 5.74) is 1.54. The van der Waals surface area contributed by atoms with E-state index in [2.05, 4.69) is 42.2 Å². The molecule has 0 spiro atoms. The van der Waals surface area contributed by atoms with Crippen LogP contribution in [0.2, 0.25) is 4.47 Å². The van der Waals surface area contributed by atoms with E-state index in [-0.39, 0.29) is 23.0 Å². The average molecular weight is 564 g/mol. The fourth-order valence-electron chi connectivity index (χ4n) is 2.29. The van der Waals surface area contributed by atoms with Crippen molar-refractivity contribution in [2.24, 2.45) is 0 Å². The Morgan fingerprint density at radius 3 is 2.75 bits per heavy atom. The Bertz CT molecular complexity index is 1060. The summed E-state index contributed by atoms with van der Waals surface area (Å²) in [6.45, 7) is 0. The van der Waals surface area contributed by atoms with Crippen molar-refractivity contribution >= 4 is 83.8 Å². The number of nitro groups is 1. The molecule has 28 heavy (non-hydrogen) atoms. The Hall–Kier alpha value is -1.46. The van der Waals surface area contributed by atoms with E-state index in [4.69, 9.17) is 11.6 Å². The van der Waals surface area contributed by atoms with Gasteiger partial charge in [-0.2, -0.15) is 0 Å². The summed E-state index contributed by atoms with van der Waals surface area (Å²) in [5, 5.41) is 13.6. The molecule has 0 saturated carbocycles. The number of nitrogens with zero attached hydrogens (tertiary/aromatic N) is 2. The van der Waals surface area contributed by atoms with Crippen LogP contribution < -0.4 is 5.32 Å². The molecule has 1 N–H and O–H groups in total. The molecule has 1 amide bonds. The summed E-state index contributed by atoms with van der Waals surface area (Å²) >= 11 is 15.6. The second-order valence-corrected chi connectivity index (χ2v) is 9.93. The lowest BCUT2D eigenvalue weighted by atomic mass is 10.2. The first kappa shape index (κ1) is 21.3. The van der Waals surface area contributed by atoms with Gasteiger partial charge in [0, 0.05) is 20.6 Å². The minimum absolute atomic E-state index is 0.0612. The fourth-order valence-corrected chi connectivity index (χ4v) is 5.79. The van der Waals surface area contributed by atoms with E-state index >= 15 is 0 Å². The maximum absolute atomic E-state index is 12.3. The van der Waals surface area contributed by atoms with E-state index in [1.165, 1.54) is 35.2 Å². The molecular weight excluding hydrogens is 554 g/mol. The largest absolute Gasteiger partial charge is 0.320 e. The van der Waals surface area contributed by atoms with Gasteiger partial charge in [-0.05, 0) is 18.2 Å². The zero-order chi connectivity index (χ0) is 20.3. The number of para-hydroxylation sites is 2. The maximum atomic E-state index is 12.3. The van der Waals surface area contributed by atoms with E-state index in [9.17, 15) is 14.9 Å². The van der Waals surface area contributed by atoms with Crippen LogP contribution in [0.25, 0.3) is 11.3 Å². The monoisotopic (exact) mass is 561 g/mol.